The number of benzene rings is 1. The Morgan fingerprint density at radius 2 is 1.52 bits per heavy atom. The van der Waals surface area contributed by atoms with Crippen LogP contribution in [0, 0.1) is 0 Å². The normalized spacial score (nSPS) is 19.5. The average Bonchev–Trinajstić information content (AvgIpc) is 3.21. The van der Waals surface area contributed by atoms with E-state index < -0.39 is 0 Å². The molecule has 1 aromatic carbocycles. The molecule has 2 saturated heterocycles. The summed E-state index contributed by atoms with van der Waals surface area (Å²) in [5.41, 5.74) is 2.80. The van der Waals surface area contributed by atoms with Gasteiger partial charge in [0.25, 0.3) is 0 Å². The molecular weight excluding hydrogens is 258 g/mol. The molecule has 116 valence electrons. The zero-order chi connectivity index (χ0) is 14.3. The van der Waals surface area contributed by atoms with Crippen LogP contribution < -0.4 is 10.2 Å². The molecule has 0 aromatic heterocycles. The van der Waals surface area contributed by atoms with Crippen LogP contribution in [0.25, 0.3) is 0 Å². The van der Waals surface area contributed by atoms with Gasteiger partial charge >= 0.3 is 0 Å². The monoisotopic (exact) mass is 287 g/mol. The third kappa shape index (κ3) is 4.45. The third-order valence-electron chi connectivity index (χ3n) is 4.76. The molecular formula is C18H29N3. The van der Waals surface area contributed by atoms with Gasteiger partial charge in [0.15, 0.2) is 0 Å². The first-order chi connectivity index (χ1) is 10.4. The fourth-order valence-electron chi connectivity index (χ4n) is 3.47. The zero-order valence-electron chi connectivity index (χ0n) is 13.2. The Kier molecular flexibility index (Phi) is 5.53. The molecule has 3 rings (SSSR count). The highest BCUT2D eigenvalue weighted by Gasteiger charge is 2.12. The van der Waals surface area contributed by atoms with Crippen LogP contribution in [0.1, 0.15) is 37.7 Å². The van der Waals surface area contributed by atoms with Crippen molar-refractivity contribution in [3.8, 4) is 0 Å². The van der Waals surface area contributed by atoms with E-state index in [1.807, 2.05) is 0 Å². The summed E-state index contributed by atoms with van der Waals surface area (Å²) in [6.07, 6.45) is 6.76. The van der Waals surface area contributed by atoms with E-state index in [9.17, 15) is 0 Å². The molecule has 2 aliphatic rings. The summed E-state index contributed by atoms with van der Waals surface area (Å²) < 4.78 is 0. The minimum absolute atomic E-state index is 1.00. The summed E-state index contributed by atoms with van der Waals surface area (Å²) in [6.45, 7) is 8.49. The summed E-state index contributed by atoms with van der Waals surface area (Å²) in [6, 6.07) is 9.13. The van der Waals surface area contributed by atoms with E-state index in [0.717, 1.165) is 13.1 Å². The molecule has 3 heteroatoms. The van der Waals surface area contributed by atoms with Gasteiger partial charge in [-0.15, -0.1) is 0 Å². The van der Waals surface area contributed by atoms with Gasteiger partial charge in [-0.05, 0) is 76.0 Å². The second-order valence-electron chi connectivity index (χ2n) is 6.44. The first-order valence-electron chi connectivity index (χ1n) is 8.69. The topological polar surface area (TPSA) is 18.5 Å². The molecule has 0 amide bonds. The minimum atomic E-state index is 1.00. The number of nitrogens with one attached hydrogen (secondary N) is 1. The van der Waals surface area contributed by atoms with Crippen LogP contribution in [-0.4, -0.2) is 44.2 Å². The van der Waals surface area contributed by atoms with E-state index in [0.29, 0.717) is 0 Å². The van der Waals surface area contributed by atoms with Crippen LogP contribution in [-0.2, 0) is 6.54 Å². The highest BCUT2D eigenvalue weighted by molar-refractivity contribution is 5.48. The van der Waals surface area contributed by atoms with Crippen molar-refractivity contribution in [3.63, 3.8) is 0 Å². The maximum atomic E-state index is 3.57. The molecule has 0 aliphatic carbocycles. The van der Waals surface area contributed by atoms with E-state index in [1.165, 1.54) is 76.1 Å². The van der Waals surface area contributed by atoms with Crippen molar-refractivity contribution >= 4 is 5.69 Å². The van der Waals surface area contributed by atoms with Crippen LogP contribution in [0.4, 0.5) is 5.69 Å². The molecule has 21 heavy (non-hydrogen) atoms. The maximum Gasteiger partial charge on any atom is 0.0366 e. The molecule has 0 atom stereocenters. The standard InChI is InChI=1S/C18H29N3/c1-2-12-20(11-1)13-5-10-19-16-17-6-8-18(9-7-17)21-14-3-4-15-21/h6-9,19H,1-5,10-16H2. The molecule has 1 N–H and O–H groups in total. The first-order valence-corrected chi connectivity index (χ1v) is 8.69. The smallest absolute Gasteiger partial charge is 0.0366 e. The van der Waals surface area contributed by atoms with Crippen molar-refractivity contribution in [2.75, 3.05) is 44.2 Å². The van der Waals surface area contributed by atoms with Gasteiger partial charge in [-0.1, -0.05) is 12.1 Å². The lowest BCUT2D eigenvalue weighted by atomic mass is 10.2. The van der Waals surface area contributed by atoms with Crippen molar-refractivity contribution < 1.29 is 0 Å². The number of anilines is 1. The Balaban J connectivity index is 1.33. The van der Waals surface area contributed by atoms with Gasteiger partial charge in [-0.3, -0.25) is 0 Å². The van der Waals surface area contributed by atoms with E-state index >= 15 is 0 Å². The molecule has 2 fully saturated rings. The summed E-state index contributed by atoms with van der Waals surface area (Å²) in [5, 5.41) is 3.57. The van der Waals surface area contributed by atoms with Gasteiger partial charge in [0.2, 0.25) is 0 Å². The number of rotatable bonds is 7. The molecule has 1 aromatic rings. The molecule has 0 radical (unpaired) electrons. The van der Waals surface area contributed by atoms with Crippen molar-refractivity contribution in [2.24, 2.45) is 0 Å². The van der Waals surface area contributed by atoms with E-state index in [4.69, 9.17) is 0 Å². The Labute approximate surface area is 129 Å². The van der Waals surface area contributed by atoms with Gasteiger partial charge in [0, 0.05) is 25.3 Å². The zero-order valence-corrected chi connectivity index (χ0v) is 13.2. The molecule has 3 nitrogen and oxygen atoms in total. The molecule has 2 heterocycles. The molecule has 0 unspecified atom stereocenters. The Bertz CT molecular complexity index is 403. The van der Waals surface area contributed by atoms with Gasteiger partial charge in [0.05, 0.1) is 0 Å². The molecule has 0 saturated carbocycles. The Morgan fingerprint density at radius 1 is 0.857 bits per heavy atom. The SMILES string of the molecule is c1cc(N2CCCC2)ccc1CNCCCN1CCCC1. The quantitative estimate of drug-likeness (QED) is 0.778. The lowest BCUT2D eigenvalue weighted by Gasteiger charge is -2.18. The third-order valence-corrected chi connectivity index (χ3v) is 4.76. The van der Waals surface area contributed by atoms with Gasteiger partial charge in [-0.2, -0.15) is 0 Å². The largest absolute Gasteiger partial charge is 0.372 e. The van der Waals surface area contributed by atoms with Crippen molar-refractivity contribution in [3.05, 3.63) is 29.8 Å². The van der Waals surface area contributed by atoms with Crippen LogP contribution in [0.15, 0.2) is 24.3 Å². The van der Waals surface area contributed by atoms with Crippen LogP contribution in [0.2, 0.25) is 0 Å². The van der Waals surface area contributed by atoms with E-state index in [1.54, 1.807) is 0 Å². The van der Waals surface area contributed by atoms with Crippen LogP contribution >= 0.6 is 0 Å². The van der Waals surface area contributed by atoms with Crippen LogP contribution in [0.5, 0.6) is 0 Å². The second kappa shape index (κ2) is 7.81. The summed E-state index contributed by atoms with van der Waals surface area (Å²) in [4.78, 5) is 5.08. The number of hydrogen-bond acceptors (Lipinski definition) is 3. The maximum absolute atomic E-state index is 3.57. The summed E-state index contributed by atoms with van der Waals surface area (Å²) in [7, 11) is 0. The van der Waals surface area contributed by atoms with Crippen LogP contribution in [0.3, 0.4) is 0 Å². The van der Waals surface area contributed by atoms with Gasteiger partial charge < -0.3 is 15.1 Å². The number of hydrogen-bond donors (Lipinski definition) is 1. The molecule has 0 bridgehead atoms. The number of nitrogens with zero attached hydrogens (tertiary/aromatic N) is 2. The summed E-state index contributed by atoms with van der Waals surface area (Å²) in [5.74, 6) is 0. The second-order valence-corrected chi connectivity index (χ2v) is 6.44. The molecule has 0 spiro atoms. The predicted molar refractivity (Wildman–Crippen MR) is 89.9 cm³/mol. The highest BCUT2D eigenvalue weighted by atomic mass is 15.1. The van der Waals surface area contributed by atoms with E-state index in [-0.39, 0.29) is 0 Å². The highest BCUT2D eigenvalue weighted by Crippen LogP contribution is 2.20. The lowest BCUT2D eigenvalue weighted by molar-refractivity contribution is 0.331. The summed E-state index contributed by atoms with van der Waals surface area (Å²) >= 11 is 0. The Morgan fingerprint density at radius 3 is 2.24 bits per heavy atom. The average molecular weight is 287 g/mol. The van der Waals surface area contributed by atoms with E-state index in [2.05, 4.69) is 39.4 Å². The number of likely N-dealkylation sites (tertiary alicyclic amines) is 1. The fourth-order valence-corrected chi connectivity index (χ4v) is 3.47. The first kappa shape index (κ1) is 14.9. The lowest BCUT2D eigenvalue weighted by Crippen LogP contribution is -2.24. The van der Waals surface area contributed by atoms with Gasteiger partial charge in [0.1, 0.15) is 0 Å². The minimum Gasteiger partial charge on any atom is -0.372 e. The van der Waals surface area contributed by atoms with Gasteiger partial charge in [-0.25, -0.2) is 0 Å². The van der Waals surface area contributed by atoms with Crippen molar-refractivity contribution in [2.45, 2.75) is 38.6 Å². The Hall–Kier alpha value is -1.06. The fraction of sp³-hybridized carbons (Fsp3) is 0.667. The predicted octanol–water partition coefficient (Wildman–Crippen LogP) is 2.86. The molecule has 2 aliphatic heterocycles. The van der Waals surface area contributed by atoms with Crippen molar-refractivity contribution in [1.29, 1.82) is 0 Å². The van der Waals surface area contributed by atoms with Crippen molar-refractivity contribution in [1.82, 2.24) is 10.2 Å².